The first-order valence-corrected chi connectivity index (χ1v) is 8.43. The first kappa shape index (κ1) is 15.7. The number of phenolic OH excluding ortho intramolecular Hbond substituents is 1. The van der Waals surface area contributed by atoms with Crippen molar-refractivity contribution in [2.75, 3.05) is 24.6 Å². The molecule has 130 valence electrons. The van der Waals surface area contributed by atoms with Gasteiger partial charge in [-0.1, -0.05) is 12.1 Å². The molecule has 3 aliphatic rings. The summed E-state index contributed by atoms with van der Waals surface area (Å²) >= 11 is 0. The second-order valence-electron chi connectivity index (χ2n) is 6.94. The van der Waals surface area contributed by atoms with Crippen LogP contribution >= 0.6 is 0 Å². The highest BCUT2D eigenvalue weighted by Gasteiger charge is 2.68. The van der Waals surface area contributed by atoms with E-state index < -0.39 is 0 Å². The summed E-state index contributed by atoms with van der Waals surface area (Å²) in [6.07, 6.45) is 1.96. The van der Waals surface area contributed by atoms with Gasteiger partial charge in [0.1, 0.15) is 5.75 Å². The lowest BCUT2D eigenvalue weighted by Crippen LogP contribution is -2.69. The van der Waals surface area contributed by atoms with Gasteiger partial charge in [0, 0.05) is 19.2 Å². The molecule has 0 aliphatic heterocycles. The second-order valence-corrected chi connectivity index (χ2v) is 6.94. The maximum Gasteiger partial charge on any atom is 0.226 e. The average molecular weight is 339 g/mol. The van der Waals surface area contributed by atoms with E-state index in [1.54, 1.807) is 31.3 Å². The van der Waals surface area contributed by atoms with Gasteiger partial charge < -0.3 is 21.5 Å². The number of nitrogen functional groups attached to an aromatic ring is 1. The minimum Gasteiger partial charge on any atom is -0.507 e. The van der Waals surface area contributed by atoms with Crippen molar-refractivity contribution < 1.29 is 9.90 Å². The summed E-state index contributed by atoms with van der Waals surface area (Å²) < 4.78 is 0. The molecule has 7 heteroatoms. The second kappa shape index (κ2) is 5.61. The zero-order chi connectivity index (χ0) is 17.6. The zero-order valence-electron chi connectivity index (χ0n) is 14.0. The number of anilines is 2. The van der Waals surface area contributed by atoms with Crippen LogP contribution in [-0.2, 0) is 4.79 Å². The van der Waals surface area contributed by atoms with Crippen LogP contribution in [0.25, 0.3) is 11.3 Å². The number of benzene rings is 1. The lowest BCUT2D eigenvalue weighted by Gasteiger charge is -2.67. The van der Waals surface area contributed by atoms with Gasteiger partial charge in [0.25, 0.3) is 0 Å². The van der Waals surface area contributed by atoms with Gasteiger partial charge in [-0.25, -0.2) is 0 Å². The topological polar surface area (TPSA) is 113 Å². The minimum atomic E-state index is -0.206. The van der Waals surface area contributed by atoms with Crippen LogP contribution in [-0.4, -0.2) is 34.8 Å². The van der Waals surface area contributed by atoms with E-state index in [0.717, 1.165) is 12.8 Å². The van der Waals surface area contributed by atoms with Crippen molar-refractivity contribution in [3.8, 4) is 17.0 Å². The molecule has 1 aromatic heterocycles. The molecular formula is C18H21N5O2. The van der Waals surface area contributed by atoms with Crippen molar-refractivity contribution >= 4 is 17.4 Å². The van der Waals surface area contributed by atoms with Crippen molar-refractivity contribution in [1.29, 1.82) is 0 Å². The van der Waals surface area contributed by atoms with E-state index in [9.17, 15) is 9.90 Å². The quantitative estimate of drug-likeness (QED) is 0.658. The Morgan fingerprint density at radius 1 is 1.36 bits per heavy atom. The summed E-state index contributed by atoms with van der Waals surface area (Å²) in [5.41, 5.74) is 7.56. The first-order chi connectivity index (χ1) is 12.0. The number of nitrogens with two attached hydrogens (primary N) is 1. The summed E-state index contributed by atoms with van der Waals surface area (Å²) in [4.78, 5) is 12.1. The summed E-state index contributed by atoms with van der Waals surface area (Å²) in [7, 11) is 1.69. The lowest BCUT2D eigenvalue weighted by molar-refractivity contribution is -0.194. The Hall–Kier alpha value is -2.83. The number of phenols is 1. The maximum absolute atomic E-state index is 12.1. The molecule has 0 radical (unpaired) electrons. The molecule has 5 rings (SSSR count). The smallest absolute Gasteiger partial charge is 0.226 e. The standard InChI is InChI=1S/C18H21N5O2/c1-20-17(25)18-7-10(8-18)12(18)9-21-14-6-13(22-23-16(14)19)11-4-2-3-5-15(11)24/h2-6,10,12,24H,7-9H2,1H3,(H2,19,23)(H,20,25)(H,21,22). The average Bonchev–Trinajstić information content (AvgIpc) is 2.55. The molecule has 0 saturated heterocycles. The molecule has 1 unspecified atom stereocenters. The van der Waals surface area contributed by atoms with Crippen molar-refractivity contribution in [2.24, 2.45) is 17.3 Å². The van der Waals surface area contributed by atoms with E-state index >= 15 is 0 Å². The molecule has 1 atom stereocenters. The van der Waals surface area contributed by atoms with E-state index in [4.69, 9.17) is 5.73 Å². The third-order valence-corrected chi connectivity index (χ3v) is 5.73. The van der Waals surface area contributed by atoms with Crippen LogP contribution in [0.3, 0.4) is 0 Å². The number of nitrogens with zero attached hydrogens (tertiary/aromatic N) is 2. The fourth-order valence-electron chi connectivity index (χ4n) is 4.14. The summed E-state index contributed by atoms with van der Waals surface area (Å²) in [5, 5.41) is 24.2. The molecule has 1 amide bonds. The molecule has 3 fully saturated rings. The monoisotopic (exact) mass is 339 g/mol. The third kappa shape index (κ3) is 2.30. The maximum atomic E-state index is 12.1. The van der Waals surface area contributed by atoms with Crippen LogP contribution in [0.15, 0.2) is 30.3 Å². The van der Waals surface area contributed by atoms with Gasteiger partial charge in [-0.3, -0.25) is 4.79 Å². The van der Waals surface area contributed by atoms with Gasteiger partial charge in [0.05, 0.1) is 16.8 Å². The zero-order valence-corrected chi connectivity index (χ0v) is 14.0. The molecule has 3 saturated carbocycles. The van der Waals surface area contributed by atoms with Crippen LogP contribution in [0.5, 0.6) is 5.75 Å². The summed E-state index contributed by atoms with van der Waals surface area (Å²) in [6, 6.07) is 8.75. The number of amides is 1. The van der Waals surface area contributed by atoms with Crippen LogP contribution in [0.2, 0.25) is 0 Å². The number of rotatable bonds is 5. The van der Waals surface area contributed by atoms with Crippen LogP contribution in [0, 0.1) is 17.3 Å². The molecule has 1 heterocycles. The van der Waals surface area contributed by atoms with Crippen molar-refractivity contribution in [1.82, 2.24) is 15.5 Å². The van der Waals surface area contributed by atoms with Crippen LogP contribution < -0.4 is 16.4 Å². The predicted octanol–water partition coefficient (Wildman–Crippen LogP) is 1.62. The fourth-order valence-corrected chi connectivity index (χ4v) is 4.14. The van der Waals surface area contributed by atoms with E-state index in [0.29, 0.717) is 41.1 Å². The number of carbonyl (C=O) groups excluding carboxylic acids is 1. The van der Waals surface area contributed by atoms with E-state index in [1.165, 1.54) is 0 Å². The number of aromatic nitrogens is 2. The van der Waals surface area contributed by atoms with Gasteiger partial charge in [0.2, 0.25) is 5.91 Å². The van der Waals surface area contributed by atoms with Gasteiger partial charge in [0.15, 0.2) is 5.82 Å². The molecule has 7 nitrogen and oxygen atoms in total. The normalized spacial score (nSPS) is 26.3. The lowest BCUT2D eigenvalue weighted by atomic mass is 9.37. The molecular weight excluding hydrogens is 318 g/mol. The third-order valence-electron chi connectivity index (χ3n) is 5.73. The summed E-state index contributed by atoms with van der Waals surface area (Å²) in [6.45, 7) is 0.675. The minimum absolute atomic E-state index is 0.137. The van der Waals surface area contributed by atoms with Gasteiger partial charge >= 0.3 is 0 Å². The van der Waals surface area contributed by atoms with Gasteiger partial charge in [-0.2, -0.15) is 0 Å². The van der Waals surface area contributed by atoms with Crippen LogP contribution in [0.1, 0.15) is 12.8 Å². The first-order valence-electron chi connectivity index (χ1n) is 8.43. The number of hydrogen-bond donors (Lipinski definition) is 4. The Morgan fingerprint density at radius 2 is 2.12 bits per heavy atom. The Balaban J connectivity index is 1.51. The van der Waals surface area contributed by atoms with E-state index in [-0.39, 0.29) is 17.1 Å². The fraction of sp³-hybridized carbons (Fsp3) is 0.389. The van der Waals surface area contributed by atoms with Crippen molar-refractivity contribution in [3.05, 3.63) is 30.3 Å². The highest BCUT2D eigenvalue weighted by atomic mass is 16.3. The largest absolute Gasteiger partial charge is 0.507 e. The van der Waals surface area contributed by atoms with Gasteiger partial charge in [-0.05, 0) is 42.9 Å². The molecule has 3 aliphatic carbocycles. The number of hydrogen-bond acceptors (Lipinski definition) is 6. The molecule has 2 aromatic rings. The van der Waals surface area contributed by atoms with Crippen LogP contribution in [0.4, 0.5) is 11.5 Å². The number of nitrogens with one attached hydrogen (secondary N) is 2. The Labute approximate surface area is 145 Å². The molecule has 25 heavy (non-hydrogen) atoms. The highest BCUT2D eigenvalue weighted by molar-refractivity contribution is 5.86. The Morgan fingerprint density at radius 3 is 2.76 bits per heavy atom. The molecule has 1 aromatic carbocycles. The van der Waals surface area contributed by atoms with E-state index in [2.05, 4.69) is 20.8 Å². The molecule has 2 bridgehead atoms. The number of aromatic hydroxyl groups is 1. The molecule has 5 N–H and O–H groups in total. The summed E-state index contributed by atoms with van der Waals surface area (Å²) in [5.74, 6) is 1.53. The van der Waals surface area contributed by atoms with Crippen molar-refractivity contribution in [2.45, 2.75) is 12.8 Å². The van der Waals surface area contributed by atoms with Gasteiger partial charge in [-0.15, -0.1) is 10.2 Å². The molecule has 0 spiro atoms. The Bertz CT molecular complexity index is 832. The Kier molecular flexibility index (Phi) is 3.52. The number of carbonyl (C=O) groups is 1. The SMILES string of the molecule is CNC(=O)C12CC(C1)C2CNc1cc(-c2ccccc2O)nnc1N. The highest BCUT2D eigenvalue weighted by Crippen LogP contribution is 2.68. The van der Waals surface area contributed by atoms with E-state index in [1.807, 2.05) is 6.07 Å². The predicted molar refractivity (Wildman–Crippen MR) is 94.7 cm³/mol. The number of para-hydroxylation sites is 1. The van der Waals surface area contributed by atoms with Crippen molar-refractivity contribution in [3.63, 3.8) is 0 Å².